The predicted octanol–water partition coefficient (Wildman–Crippen LogP) is 0.122. The van der Waals surface area contributed by atoms with E-state index in [0.29, 0.717) is 0 Å². The molecular weight excluding hydrogens is 64.3 g/mol. The fourth-order valence-corrected chi connectivity index (χ4v) is 0. The van der Waals surface area contributed by atoms with Crippen LogP contribution in [0.3, 0.4) is 0 Å². The minimum atomic E-state index is 0. The Morgan fingerprint density at radius 1 is 1.75 bits per heavy atom. The second-order valence-electron chi connectivity index (χ2n) is 0.289. The molecule has 0 heterocycles. The average molecular weight is 68.4 g/mol. The molecule has 4 heavy (non-hydrogen) atoms. The summed E-state index contributed by atoms with van der Waals surface area (Å²) < 4.78 is 1.78. The Labute approximate surface area is 38.4 Å². The van der Waals surface area contributed by atoms with Crippen molar-refractivity contribution in [1.29, 1.82) is 0 Å². The molecule has 0 spiro atoms. The molecular formula is C2H4MgO. The van der Waals surface area contributed by atoms with E-state index in [9.17, 15) is 0 Å². The van der Waals surface area contributed by atoms with Crippen LogP contribution < -0.4 is 0 Å². The van der Waals surface area contributed by atoms with E-state index in [1.54, 1.807) is 25.9 Å². The molecule has 0 saturated heterocycles. The molecule has 0 radical (unpaired) electrons. The van der Waals surface area contributed by atoms with Gasteiger partial charge in [-0.1, -0.05) is 0 Å². The Kier molecular flexibility index (Phi) is 21.6. The molecule has 0 saturated carbocycles. The largest absolute Gasteiger partial charge is 0.870 e. The molecule has 1 nitrogen and oxygen atoms in total. The van der Waals surface area contributed by atoms with Crippen LogP contribution in [0.25, 0.3) is 0 Å². The second kappa shape index (κ2) is 9.81. The van der Waals surface area contributed by atoms with E-state index >= 15 is 0 Å². The van der Waals surface area contributed by atoms with E-state index in [1.165, 1.54) is 0 Å². The van der Waals surface area contributed by atoms with Gasteiger partial charge in [0.25, 0.3) is 0 Å². The summed E-state index contributed by atoms with van der Waals surface area (Å²) in [5.74, 6) is 0. The van der Waals surface area contributed by atoms with Crippen molar-refractivity contribution in [2.45, 2.75) is 0 Å². The van der Waals surface area contributed by atoms with Gasteiger partial charge in [-0.3, -0.25) is 0 Å². The normalized spacial score (nSPS) is 3.50. The van der Waals surface area contributed by atoms with Crippen LogP contribution in [0.15, 0.2) is 10.8 Å². The van der Waals surface area contributed by atoms with Crippen LogP contribution in [-0.4, -0.2) is 27.2 Å². The first-order chi connectivity index (χ1) is 1.41. The van der Waals surface area contributed by atoms with Crippen molar-refractivity contribution < 1.29 is 5.48 Å². The Hall–Kier alpha value is 0.466. The maximum atomic E-state index is 3.37. The molecule has 2 heteroatoms. The molecule has 0 aliphatic heterocycles. The molecule has 0 fully saturated rings. The van der Waals surface area contributed by atoms with Gasteiger partial charge in [-0.2, -0.15) is 0 Å². The van der Waals surface area contributed by atoms with Crippen LogP contribution in [-0.2, 0) is 0 Å². The zero-order valence-corrected chi connectivity index (χ0v) is 3.85. The third-order valence-corrected chi connectivity index (χ3v) is 0. The van der Waals surface area contributed by atoms with Gasteiger partial charge < -0.3 is 5.48 Å². The standard InChI is InChI=1S/C2H3.Mg.H2O/c1-2;;/h1H,2H2;;1H2/q;+1;/p-1. The number of hydrogen-bond acceptors (Lipinski definition) is 1. The monoisotopic (exact) mass is 68.0 g/mol. The number of hydrogen-bond donors (Lipinski definition) is 0. The minimum absolute atomic E-state index is 0. The first kappa shape index (κ1) is 8.82. The van der Waals surface area contributed by atoms with Crippen LogP contribution in [0, 0.1) is 0 Å². The Bertz CT molecular complexity index is 13.5. The van der Waals surface area contributed by atoms with E-state index < -0.39 is 0 Å². The fraction of sp³-hybridized carbons (Fsp3) is 0. The molecule has 0 unspecified atom stereocenters. The third-order valence-electron chi connectivity index (χ3n) is 0. The molecule has 0 aliphatic rings. The fourth-order valence-electron chi connectivity index (χ4n) is 0. The second-order valence-corrected chi connectivity index (χ2v) is 0.866. The van der Waals surface area contributed by atoms with Gasteiger partial charge in [0, 0.05) is 0 Å². The first-order valence-electron chi connectivity index (χ1n) is 0.816. The topological polar surface area (TPSA) is 30.0 Å². The summed E-state index contributed by atoms with van der Waals surface area (Å²) in [5, 5.41) is 0. The summed E-state index contributed by atoms with van der Waals surface area (Å²) in [6.07, 6.45) is 0. The van der Waals surface area contributed by atoms with E-state index in [-0.39, 0.29) is 5.48 Å². The van der Waals surface area contributed by atoms with Gasteiger partial charge in [-0.05, 0) is 0 Å². The van der Waals surface area contributed by atoms with Gasteiger partial charge in [0.1, 0.15) is 0 Å². The molecule has 0 amide bonds. The summed E-state index contributed by atoms with van der Waals surface area (Å²) in [7, 11) is 0. The van der Waals surface area contributed by atoms with E-state index in [2.05, 4.69) is 6.58 Å². The molecule has 0 aromatic carbocycles. The van der Waals surface area contributed by atoms with Gasteiger partial charge >= 0.3 is 32.5 Å². The van der Waals surface area contributed by atoms with Crippen molar-refractivity contribution in [3.63, 3.8) is 0 Å². The zero-order valence-electron chi connectivity index (χ0n) is 2.44. The Balaban J connectivity index is 0. The Morgan fingerprint density at radius 2 is 1.75 bits per heavy atom. The third kappa shape index (κ3) is 24.4. The van der Waals surface area contributed by atoms with E-state index in [0.717, 1.165) is 0 Å². The smallest absolute Gasteiger partial charge is 0.870 e. The molecule has 1 N–H and O–H groups in total. The van der Waals surface area contributed by atoms with Crippen LogP contribution in [0.2, 0.25) is 0 Å². The molecule has 0 aliphatic carbocycles. The summed E-state index contributed by atoms with van der Waals surface area (Å²) in [6.45, 7) is 3.37. The molecule has 0 aromatic rings. The summed E-state index contributed by atoms with van der Waals surface area (Å²) in [5.41, 5.74) is 0. The summed E-state index contributed by atoms with van der Waals surface area (Å²) >= 11 is 1.74. The van der Waals surface area contributed by atoms with Gasteiger partial charge in [-0.15, -0.1) is 0 Å². The molecule has 0 atom stereocenters. The van der Waals surface area contributed by atoms with Crippen LogP contribution in [0.4, 0.5) is 0 Å². The van der Waals surface area contributed by atoms with Gasteiger partial charge in [0.05, 0.1) is 0 Å². The molecule has 0 rings (SSSR count). The quantitative estimate of drug-likeness (QED) is 0.371. The maximum absolute atomic E-state index is 3.37. The van der Waals surface area contributed by atoms with E-state index in [4.69, 9.17) is 0 Å². The predicted molar refractivity (Wildman–Crippen MR) is 17.9 cm³/mol. The number of rotatable bonds is 0. The van der Waals surface area contributed by atoms with Crippen molar-refractivity contribution in [1.82, 2.24) is 0 Å². The van der Waals surface area contributed by atoms with Gasteiger partial charge in [0.2, 0.25) is 0 Å². The maximum Gasteiger partial charge on any atom is -0.870 e. The molecule has 0 bridgehead atoms. The summed E-state index contributed by atoms with van der Waals surface area (Å²) in [4.78, 5) is 0. The van der Waals surface area contributed by atoms with Crippen LogP contribution in [0.5, 0.6) is 0 Å². The van der Waals surface area contributed by atoms with Crippen molar-refractivity contribution in [3.8, 4) is 0 Å². The summed E-state index contributed by atoms with van der Waals surface area (Å²) in [6, 6.07) is 0. The zero-order chi connectivity index (χ0) is 2.71. The first-order valence-corrected chi connectivity index (χ1v) is 1.63. The van der Waals surface area contributed by atoms with Crippen molar-refractivity contribution in [3.05, 3.63) is 10.8 Å². The van der Waals surface area contributed by atoms with Crippen molar-refractivity contribution >= 4 is 21.7 Å². The average Bonchev–Trinajstić information content (AvgIpc) is 0.918. The Morgan fingerprint density at radius 3 is 1.75 bits per heavy atom. The molecule has 20 valence electrons. The van der Waals surface area contributed by atoms with Crippen LogP contribution >= 0.6 is 0 Å². The van der Waals surface area contributed by atoms with Gasteiger partial charge in [-0.25, -0.2) is 0 Å². The van der Waals surface area contributed by atoms with Crippen molar-refractivity contribution in [2.75, 3.05) is 0 Å². The van der Waals surface area contributed by atoms with E-state index in [1.807, 2.05) is 0 Å². The molecule has 0 aromatic heterocycles. The minimum Gasteiger partial charge on any atom is -0.870 e. The van der Waals surface area contributed by atoms with Crippen molar-refractivity contribution in [2.24, 2.45) is 0 Å². The SMILES string of the molecule is C=[CH][Mg+].[OH-]. The van der Waals surface area contributed by atoms with Crippen LogP contribution in [0.1, 0.15) is 0 Å². The van der Waals surface area contributed by atoms with Gasteiger partial charge in [0.15, 0.2) is 0 Å².